The van der Waals surface area contributed by atoms with Crippen LogP contribution in [0.4, 0.5) is 0 Å². The topological polar surface area (TPSA) is 80.7 Å². The minimum Gasteiger partial charge on any atom is -0.748 e. The molecule has 154 valence electrons. The smallest absolute Gasteiger partial charge is 0.116 e. The van der Waals surface area contributed by atoms with Crippen molar-refractivity contribution in [1.82, 2.24) is 4.90 Å². The molecule has 0 aliphatic carbocycles. The second kappa shape index (κ2) is 10.7. The average molecular weight is 405 g/mol. The van der Waals surface area contributed by atoms with Gasteiger partial charge < -0.3 is 14.6 Å². The van der Waals surface area contributed by atoms with E-state index >= 15 is 0 Å². The Balaban J connectivity index is 0.000000409. The molecule has 0 radical (unpaired) electrons. The molecule has 2 aromatic rings. The Bertz CT molecular complexity index is 748. The van der Waals surface area contributed by atoms with E-state index in [-0.39, 0.29) is 5.75 Å². The highest BCUT2D eigenvalue weighted by atomic mass is 32.2. The summed E-state index contributed by atoms with van der Waals surface area (Å²) in [5.41, 5.74) is 1.07. The Kier molecular flexibility index (Phi) is 8.63. The summed E-state index contributed by atoms with van der Waals surface area (Å²) in [6, 6.07) is 20.1. The minimum atomic E-state index is -3.91. The molecule has 1 aliphatic heterocycles. The zero-order valence-corrected chi connectivity index (χ0v) is 17.3. The first-order valence-corrected chi connectivity index (χ1v) is 11.4. The van der Waals surface area contributed by atoms with Crippen LogP contribution in [0.2, 0.25) is 0 Å². The molecule has 0 bridgehead atoms. The Morgan fingerprint density at radius 2 is 1.36 bits per heavy atom. The molecule has 1 aliphatic rings. The average Bonchev–Trinajstić information content (AvgIpc) is 2.74. The van der Waals surface area contributed by atoms with Crippen LogP contribution >= 0.6 is 0 Å². The van der Waals surface area contributed by atoms with Gasteiger partial charge in [0.25, 0.3) is 0 Å². The standard InChI is InChI=1S/C20H25NO.C2H6O3S/c22-20(18-10-4-1-5-11-18,19-12-6-2-7-13-19)14-17-21-15-8-3-9-16-21;1-2-6(3,4)5/h1-2,4-7,10-13,22H,3,8-9,14-17H2;2H2,1H3,(H,3,4,5)/p-1. The number of hydrogen-bond acceptors (Lipinski definition) is 5. The molecule has 5 nitrogen and oxygen atoms in total. The van der Waals surface area contributed by atoms with Gasteiger partial charge in [-0.3, -0.25) is 0 Å². The number of benzene rings is 2. The van der Waals surface area contributed by atoms with E-state index in [4.69, 9.17) is 0 Å². The molecule has 6 heteroatoms. The first-order valence-electron chi connectivity index (χ1n) is 9.84. The van der Waals surface area contributed by atoms with Crippen molar-refractivity contribution in [1.29, 1.82) is 0 Å². The largest absolute Gasteiger partial charge is 0.748 e. The summed E-state index contributed by atoms with van der Waals surface area (Å²) in [5.74, 6) is -0.312. The van der Waals surface area contributed by atoms with Crippen molar-refractivity contribution in [3.8, 4) is 0 Å². The fourth-order valence-electron chi connectivity index (χ4n) is 3.39. The van der Waals surface area contributed by atoms with Crippen LogP contribution < -0.4 is 0 Å². The van der Waals surface area contributed by atoms with Gasteiger partial charge in [-0.25, -0.2) is 8.42 Å². The summed E-state index contributed by atoms with van der Waals surface area (Å²) in [7, 11) is -3.91. The van der Waals surface area contributed by atoms with E-state index in [0.717, 1.165) is 24.1 Å². The molecule has 0 atom stereocenters. The van der Waals surface area contributed by atoms with Crippen molar-refractivity contribution in [2.24, 2.45) is 0 Å². The van der Waals surface area contributed by atoms with Crippen LogP contribution in [0.25, 0.3) is 0 Å². The SMILES string of the molecule is CCS(=O)(=O)[O-].OC(CCN1CCCCC1)(c1ccccc1)c1ccccc1. The lowest BCUT2D eigenvalue weighted by molar-refractivity contribution is 0.0546. The first-order chi connectivity index (χ1) is 13.3. The van der Waals surface area contributed by atoms with Crippen LogP contribution in [-0.4, -0.2) is 48.4 Å². The molecular weight excluding hydrogens is 374 g/mol. The Labute approximate surface area is 168 Å². The number of nitrogens with zero attached hydrogens (tertiary/aromatic N) is 1. The van der Waals surface area contributed by atoms with Gasteiger partial charge in [-0.05, 0) is 43.5 Å². The number of likely N-dealkylation sites (tertiary alicyclic amines) is 1. The summed E-state index contributed by atoms with van der Waals surface area (Å²) >= 11 is 0. The molecule has 0 spiro atoms. The van der Waals surface area contributed by atoms with Crippen LogP contribution in [0.15, 0.2) is 60.7 Å². The molecule has 0 aromatic heterocycles. The quantitative estimate of drug-likeness (QED) is 0.747. The molecule has 1 fully saturated rings. The number of piperidine rings is 1. The Morgan fingerprint density at radius 3 is 1.75 bits per heavy atom. The molecule has 1 saturated heterocycles. The third-order valence-electron chi connectivity index (χ3n) is 5.09. The lowest BCUT2D eigenvalue weighted by atomic mass is 9.83. The second-order valence-electron chi connectivity index (χ2n) is 7.09. The summed E-state index contributed by atoms with van der Waals surface area (Å²) in [4.78, 5) is 2.49. The van der Waals surface area contributed by atoms with Crippen molar-refractivity contribution in [2.45, 2.75) is 38.2 Å². The third kappa shape index (κ3) is 7.02. The van der Waals surface area contributed by atoms with Gasteiger partial charge in [0.1, 0.15) is 5.60 Å². The number of hydrogen-bond donors (Lipinski definition) is 1. The molecule has 2 aromatic carbocycles. The lowest BCUT2D eigenvalue weighted by Gasteiger charge is -2.33. The Hall–Kier alpha value is -1.73. The number of rotatable bonds is 6. The van der Waals surface area contributed by atoms with E-state index in [1.165, 1.54) is 39.3 Å². The minimum absolute atomic E-state index is 0.312. The molecule has 28 heavy (non-hydrogen) atoms. The fourth-order valence-corrected chi connectivity index (χ4v) is 3.39. The normalized spacial score (nSPS) is 15.5. The summed E-state index contributed by atoms with van der Waals surface area (Å²) in [5, 5.41) is 11.5. The summed E-state index contributed by atoms with van der Waals surface area (Å²) in [6.45, 7) is 4.59. The highest BCUT2D eigenvalue weighted by Gasteiger charge is 2.31. The molecule has 0 saturated carbocycles. The van der Waals surface area contributed by atoms with E-state index in [0.29, 0.717) is 0 Å². The molecule has 1 heterocycles. The predicted octanol–water partition coefficient (Wildman–Crippen LogP) is 3.35. The summed E-state index contributed by atoms with van der Waals surface area (Å²) < 4.78 is 28.3. The number of aliphatic hydroxyl groups is 1. The van der Waals surface area contributed by atoms with Crippen molar-refractivity contribution >= 4 is 10.1 Å². The van der Waals surface area contributed by atoms with Crippen molar-refractivity contribution < 1.29 is 18.1 Å². The van der Waals surface area contributed by atoms with Crippen molar-refractivity contribution in [2.75, 3.05) is 25.4 Å². The fraction of sp³-hybridized carbons (Fsp3) is 0.455. The maximum atomic E-state index is 11.5. The molecule has 0 unspecified atom stereocenters. The van der Waals surface area contributed by atoms with Crippen LogP contribution in [0.5, 0.6) is 0 Å². The van der Waals surface area contributed by atoms with Crippen molar-refractivity contribution in [3.05, 3.63) is 71.8 Å². The molecule has 3 rings (SSSR count). The molecule has 1 N–H and O–H groups in total. The van der Waals surface area contributed by atoms with E-state index in [1.54, 1.807) is 0 Å². The lowest BCUT2D eigenvalue weighted by Crippen LogP contribution is -2.36. The predicted molar refractivity (Wildman–Crippen MR) is 111 cm³/mol. The van der Waals surface area contributed by atoms with Crippen molar-refractivity contribution in [3.63, 3.8) is 0 Å². The monoisotopic (exact) mass is 404 g/mol. The van der Waals surface area contributed by atoms with Gasteiger partial charge >= 0.3 is 0 Å². The van der Waals surface area contributed by atoms with Gasteiger partial charge in [-0.1, -0.05) is 74.0 Å². The first kappa shape index (κ1) is 22.6. The van der Waals surface area contributed by atoms with Gasteiger partial charge in [-0.2, -0.15) is 0 Å². The van der Waals surface area contributed by atoms with Crippen LogP contribution in [0, 0.1) is 0 Å². The van der Waals surface area contributed by atoms with Gasteiger partial charge in [0.05, 0.1) is 10.1 Å². The Morgan fingerprint density at radius 1 is 0.929 bits per heavy atom. The van der Waals surface area contributed by atoms with Crippen LogP contribution in [0.3, 0.4) is 0 Å². The van der Waals surface area contributed by atoms with Crippen LogP contribution in [0.1, 0.15) is 43.7 Å². The third-order valence-corrected chi connectivity index (χ3v) is 5.80. The molecule has 0 amide bonds. The second-order valence-corrected chi connectivity index (χ2v) is 8.78. The highest BCUT2D eigenvalue weighted by Crippen LogP contribution is 2.33. The summed E-state index contributed by atoms with van der Waals surface area (Å²) in [6.07, 6.45) is 4.66. The zero-order chi connectivity index (χ0) is 20.5. The highest BCUT2D eigenvalue weighted by molar-refractivity contribution is 7.85. The van der Waals surface area contributed by atoms with Gasteiger partial charge in [-0.15, -0.1) is 0 Å². The van der Waals surface area contributed by atoms with E-state index in [1.807, 2.05) is 60.7 Å². The van der Waals surface area contributed by atoms with E-state index in [9.17, 15) is 18.1 Å². The van der Waals surface area contributed by atoms with E-state index in [2.05, 4.69) is 4.90 Å². The van der Waals surface area contributed by atoms with Gasteiger partial charge in [0.2, 0.25) is 0 Å². The zero-order valence-electron chi connectivity index (χ0n) is 16.5. The van der Waals surface area contributed by atoms with E-state index < -0.39 is 15.7 Å². The maximum absolute atomic E-state index is 11.5. The maximum Gasteiger partial charge on any atom is 0.116 e. The van der Waals surface area contributed by atoms with Crippen LogP contribution in [-0.2, 0) is 15.7 Å². The molecular formula is C22H30NO4S-. The van der Waals surface area contributed by atoms with Gasteiger partial charge in [0, 0.05) is 12.3 Å². The van der Waals surface area contributed by atoms with Gasteiger partial charge in [0.15, 0.2) is 0 Å².